The molecule has 180 valence electrons. The van der Waals surface area contributed by atoms with E-state index < -0.39 is 0 Å². The van der Waals surface area contributed by atoms with Crippen molar-refractivity contribution < 1.29 is 4.79 Å². The molecule has 1 amide bonds. The smallest absolute Gasteiger partial charge is 0.242 e. The molecule has 1 aliphatic carbocycles. The zero-order valence-electron chi connectivity index (χ0n) is 20.3. The van der Waals surface area contributed by atoms with Crippen molar-refractivity contribution in [2.45, 2.75) is 65.0 Å². The highest BCUT2D eigenvalue weighted by Crippen LogP contribution is 2.28. The number of nitrogens with zero attached hydrogens (tertiary/aromatic N) is 3. The molecular weight excluding hydrogens is 424 g/mol. The minimum absolute atomic E-state index is 0.0114. The van der Waals surface area contributed by atoms with Crippen molar-refractivity contribution in [3.8, 4) is 5.82 Å². The van der Waals surface area contributed by atoms with Gasteiger partial charge in [-0.3, -0.25) is 4.79 Å². The van der Waals surface area contributed by atoms with Crippen LogP contribution in [0.4, 0.5) is 11.8 Å². The lowest BCUT2D eigenvalue weighted by atomic mass is 9.84. The van der Waals surface area contributed by atoms with E-state index in [-0.39, 0.29) is 11.9 Å². The Bertz CT molecular complexity index is 1040. The molecule has 3 N–H and O–H groups in total. The number of hydrogen-bond acceptors (Lipinski definition) is 5. The first-order chi connectivity index (χ1) is 16.6. The maximum absolute atomic E-state index is 13.3. The topological polar surface area (TPSA) is 83.9 Å². The number of carbonyl (C=O) groups excluding carboxylic acids is 1. The van der Waals surface area contributed by atoms with Gasteiger partial charge in [-0.05, 0) is 43.9 Å². The van der Waals surface area contributed by atoms with Crippen molar-refractivity contribution in [2.24, 2.45) is 5.92 Å². The zero-order valence-corrected chi connectivity index (χ0v) is 20.3. The van der Waals surface area contributed by atoms with Gasteiger partial charge in [-0.25, -0.2) is 0 Å². The van der Waals surface area contributed by atoms with Crippen LogP contribution in [0.5, 0.6) is 0 Å². The van der Waals surface area contributed by atoms with E-state index in [4.69, 9.17) is 0 Å². The third-order valence-corrected chi connectivity index (χ3v) is 6.44. The van der Waals surface area contributed by atoms with E-state index in [0.717, 1.165) is 24.3 Å². The van der Waals surface area contributed by atoms with Crippen molar-refractivity contribution in [3.05, 3.63) is 66.0 Å². The van der Waals surface area contributed by atoms with E-state index in [2.05, 4.69) is 57.1 Å². The molecule has 1 aliphatic rings. The summed E-state index contributed by atoms with van der Waals surface area (Å²) in [5, 5.41) is 9.81. The molecule has 1 fully saturated rings. The number of hydrogen-bond donors (Lipinski definition) is 3. The van der Waals surface area contributed by atoms with Gasteiger partial charge in [-0.1, -0.05) is 61.9 Å². The number of aromatic nitrogens is 3. The van der Waals surface area contributed by atoms with Crippen LogP contribution in [0.15, 0.2) is 54.9 Å². The SMILES string of the molecule is CCNc1nc(NC(CC2CCCCC2)C(=O)NCc2ccc(C)cc2)cc(-n2cccc2)n1. The molecule has 1 atom stereocenters. The lowest BCUT2D eigenvalue weighted by molar-refractivity contribution is -0.122. The number of aryl methyl sites for hydroxylation is 1. The monoisotopic (exact) mass is 460 g/mol. The molecule has 0 bridgehead atoms. The fourth-order valence-corrected chi connectivity index (χ4v) is 4.55. The second-order valence-electron chi connectivity index (χ2n) is 9.20. The van der Waals surface area contributed by atoms with Crippen LogP contribution in [0.2, 0.25) is 0 Å². The molecule has 0 radical (unpaired) electrons. The molecule has 3 aromatic rings. The van der Waals surface area contributed by atoms with Gasteiger partial charge in [0, 0.05) is 31.5 Å². The first kappa shape index (κ1) is 23.8. The lowest BCUT2D eigenvalue weighted by Gasteiger charge is -2.27. The van der Waals surface area contributed by atoms with Crippen molar-refractivity contribution >= 4 is 17.7 Å². The maximum Gasteiger partial charge on any atom is 0.242 e. The van der Waals surface area contributed by atoms with Gasteiger partial charge in [0.15, 0.2) is 0 Å². The molecule has 4 rings (SSSR count). The average Bonchev–Trinajstić information content (AvgIpc) is 3.39. The number of anilines is 2. The molecule has 34 heavy (non-hydrogen) atoms. The molecule has 0 spiro atoms. The molecule has 0 saturated heterocycles. The molecular formula is C27H36N6O. The largest absolute Gasteiger partial charge is 0.358 e. The first-order valence-electron chi connectivity index (χ1n) is 12.5. The van der Waals surface area contributed by atoms with Gasteiger partial charge in [0.2, 0.25) is 11.9 Å². The molecule has 1 unspecified atom stereocenters. The molecule has 7 nitrogen and oxygen atoms in total. The minimum atomic E-state index is -0.351. The number of benzene rings is 1. The van der Waals surface area contributed by atoms with Gasteiger partial charge < -0.3 is 20.5 Å². The Kier molecular flexibility index (Phi) is 8.17. The summed E-state index contributed by atoms with van der Waals surface area (Å²) in [7, 11) is 0. The summed E-state index contributed by atoms with van der Waals surface area (Å²) in [6.07, 6.45) is 10.9. The summed E-state index contributed by atoms with van der Waals surface area (Å²) in [5.41, 5.74) is 2.31. The van der Waals surface area contributed by atoms with Crippen LogP contribution in [0, 0.1) is 12.8 Å². The molecule has 2 aromatic heterocycles. The summed E-state index contributed by atoms with van der Waals surface area (Å²) >= 11 is 0. The summed E-state index contributed by atoms with van der Waals surface area (Å²) in [4.78, 5) is 22.6. The summed E-state index contributed by atoms with van der Waals surface area (Å²) in [5.74, 6) is 2.52. The van der Waals surface area contributed by atoms with Gasteiger partial charge in [0.25, 0.3) is 0 Å². The Morgan fingerprint density at radius 1 is 1.09 bits per heavy atom. The van der Waals surface area contributed by atoms with E-state index in [0.29, 0.717) is 24.2 Å². The fourth-order valence-electron chi connectivity index (χ4n) is 4.55. The standard InChI is InChI=1S/C27H36N6O/c1-3-28-27-31-24(18-25(32-27)33-15-7-8-16-33)30-23(17-21-9-5-4-6-10-21)26(34)29-19-22-13-11-20(2)12-14-22/h7-8,11-16,18,21,23H,3-6,9-10,17,19H2,1-2H3,(H,29,34)(H2,28,30,31,32). The molecule has 1 saturated carbocycles. The Morgan fingerprint density at radius 2 is 1.82 bits per heavy atom. The van der Waals surface area contributed by atoms with E-state index >= 15 is 0 Å². The van der Waals surface area contributed by atoms with E-state index in [1.54, 1.807) is 0 Å². The predicted octanol–water partition coefficient (Wildman–Crippen LogP) is 5.07. The summed E-state index contributed by atoms with van der Waals surface area (Å²) < 4.78 is 1.95. The zero-order chi connectivity index (χ0) is 23.8. The Morgan fingerprint density at radius 3 is 2.53 bits per heavy atom. The Labute approximate surface area is 202 Å². The summed E-state index contributed by atoms with van der Waals surface area (Å²) in [6, 6.07) is 13.8. The van der Waals surface area contributed by atoms with Crippen molar-refractivity contribution in [1.29, 1.82) is 0 Å². The number of amides is 1. The van der Waals surface area contributed by atoms with E-state index in [9.17, 15) is 4.79 Å². The van der Waals surface area contributed by atoms with Gasteiger partial charge in [-0.15, -0.1) is 0 Å². The van der Waals surface area contributed by atoms with Gasteiger partial charge in [-0.2, -0.15) is 9.97 Å². The van der Waals surface area contributed by atoms with Crippen LogP contribution in [0.1, 0.15) is 56.6 Å². The summed E-state index contributed by atoms with van der Waals surface area (Å²) in [6.45, 7) is 5.32. The van der Waals surface area contributed by atoms with Crippen LogP contribution in [0.25, 0.3) is 5.82 Å². The second-order valence-corrected chi connectivity index (χ2v) is 9.20. The highest BCUT2D eigenvalue weighted by atomic mass is 16.2. The molecule has 2 heterocycles. The van der Waals surface area contributed by atoms with Crippen LogP contribution in [0.3, 0.4) is 0 Å². The van der Waals surface area contributed by atoms with Crippen LogP contribution >= 0.6 is 0 Å². The molecule has 7 heteroatoms. The number of carbonyl (C=O) groups is 1. The first-order valence-corrected chi connectivity index (χ1v) is 12.5. The van der Waals surface area contributed by atoms with E-state index in [1.165, 1.54) is 37.7 Å². The molecule has 1 aromatic carbocycles. The van der Waals surface area contributed by atoms with Gasteiger partial charge in [0.1, 0.15) is 17.7 Å². The third-order valence-electron chi connectivity index (χ3n) is 6.44. The normalized spacial score (nSPS) is 15.0. The van der Waals surface area contributed by atoms with Crippen LogP contribution in [-0.4, -0.2) is 33.0 Å². The average molecular weight is 461 g/mol. The predicted molar refractivity (Wildman–Crippen MR) is 137 cm³/mol. The van der Waals surface area contributed by atoms with Gasteiger partial charge in [0.05, 0.1) is 0 Å². The second kappa shape index (κ2) is 11.7. The van der Waals surface area contributed by atoms with E-state index in [1.807, 2.05) is 42.1 Å². The van der Waals surface area contributed by atoms with Crippen LogP contribution in [-0.2, 0) is 11.3 Å². The number of nitrogens with one attached hydrogen (secondary N) is 3. The Hall–Kier alpha value is -3.35. The van der Waals surface area contributed by atoms with Crippen LogP contribution < -0.4 is 16.0 Å². The minimum Gasteiger partial charge on any atom is -0.358 e. The maximum atomic E-state index is 13.3. The van der Waals surface area contributed by atoms with Crippen molar-refractivity contribution in [3.63, 3.8) is 0 Å². The highest BCUT2D eigenvalue weighted by molar-refractivity contribution is 5.84. The lowest BCUT2D eigenvalue weighted by Crippen LogP contribution is -2.41. The third kappa shape index (κ3) is 6.59. The van der Waals surface area contributed by atoms with Crippen molar-refractivity contribution in [1.82, 2.24) is 19.9 Å². The number of rotatable bonds is 10. The highest BCUT2D eigenvalue weighted by Gasteiger charge is 2.25. The van der Waals surface area contributed by atoms with Gasteiger partial charge >= 0.3 is 0 Å². The molecule has 0 aliphatic heterocycles. The Balaban J connectivity index is 1.53. The fraction of sp³-hybridized carbons (Fsp3) is 0.444. The van der Waals surface area contributed by atoms with Crippen molar-refractivity contribution in [2.75, 3.05) is 17.2 Å². The quantitative estimate of drug-likeness (QED) is 0.393.